The fourth-order valence-electron chi connectivity index (χ4n) is 3.95. The first-order valence-electron chi connectivity index (χ1n) is 13.1. The first-order valence-corrected chi connectivity index (χ1v) is 13.1. The van der Waals surface area contributed by atoms with Crippen LogP contribution in [0.4, 0.5) is 52.7 Å². The topological polar surface area (TPSA) is 181 Å². The van der Waals surface area contributed by atoms with E-state index in [2.05, 4.69) is 31.9 Å². The van der Waals surface area contributed by atoms with Crippen LogP contribution in [0.3, 0.4) is 0 Å². The van der Waals surface area contributed by atoms with E-state index in [0.29, 0.717) is 0 Å². The molecule has 0 bridgehead atoms. The maximum Gasteiger partial charge on any atom is 0.490 e. The van der Waals surface area contributed by atoms with E-state index in [1.165, 1.54) is 37.3 Å². The Balaban J connectivity index is 0.000000711. The average molecular weight is 750 g/mol. The molecule has 2 aliphatic rings. The molecule has 2 saturated heterocycles. The number of carbonyl (C=O) groups is 4. The van der Waals surface area contributed by atoms with Crippen LogP contribution in [0.25, 0.3) is 0 Å². The molecule has 12 nitrogen and oxygen atoms in total. The van der Waals surface area contributed by atoms with Crippen LogP contribution >= 0.6 is 0 Å². The Kier molecular flexibility index (Phi) is 17.6. The van der Waals surface area contributed by atoms with Crippen molar-refractivity contribution in [3.63, 3.8) is 0 Å². The Labute approximate surface area is 272 Å². The second-order valence-corrected chi connectivity index (χ2v) is 9.84. The highest BCUT2D eigenvalue weighted by Gasteiger charge is 2.41. The summed E-state index contributed by atoms with van der Waals surface area (Å²) in [6, 6.07) is 8.41. The van der Waals surface area contributed by atoms with Crippen LogP contribution in [0, 0.1) is 11.8 Å². The van der Waals surface area contributed by atoms with Gasteiger partial charge >= 0.3 is 48.6 Å². The van der Waals surface area contributed by atoms with Gasteiger partial charge in [0.15, 0.2) is 0 Å². The lowest BCUT2D eigenvalue weighted by Crippen LogP contribution is -2.28. The van der Waals surface area contributed by atoms with Crippen LogP contribution in [-0.4, -0.2) is 115 Å². The highest BCUT2D eigenvalue weighted by Crippen LogP contribution is 2.32. The Morgan fingerprint density at radius 3 is 0.920 bits per heavy atom. The smallest absolute Gasteiger partial charge is 0.475 e. The molecule has 0 aromatic carbocycles. The summed E-state index contributed by atoms with van der Waals surface area (Å²) in [5.74, 6) is -9.37. The van der Waals surface area contributed by atoms with Crippen LogP contribution in [0.2, 0.25) is 0 Å². The summed E-state index contributed by atoms with van der Waals surface area (Å²) >= 11 is 0. The molecular weight excluding hydrogens is 724 g/mol. The van der Waals surface area contributed by atoms with E-state index >= 15 is 0 Å². The first kappa shape index (κ1) is 45.3. The third-order valence-corrected chi connectivity index (χ3v) is 5.87. The number of carboxylic acid groups (broad SMARTS) is 4. The molecule has 0 atom stereocenters. The van der Waals surface area contributed by atoms with Gasteiger partial charge in [0.25, 0.3) is 0 Å². The highest BCUT2D eigenvalue weighted by molar-refractivity contribution is 5.74. The number of halogens is 12. The Hall–Kier alpha value is -4.74. The maximum absolute atomic E-state index is 10.6. The van der Waals surface area contributed by atoms with Gasteiger partial charge in [-0.3, -0.25) is 19.8 Å². The second kappa shape index (κ2) is 19.4. The Bertz CT molecular complexity index is 1200. The molecule has 0 amide bonds. The number of fused-ring (bicyclic) bond motifs is 1. The van der Waals surface area contributed by atoms with Crippen LogP contribution < -0.4 is 0 Å². The maximum atomic E-state index is 10.6. The number of pyridine rings is 2. The highest BCUT2D eigenvalue weighted by atomic mass is 19.4. The zero-order valence-electron chi connectivity index (χ0n) is 24.8. The molecule has 0 radical (unpaired) electrons. The van der Waals surface area contributed by atoms with Crippen molar-refractivity contribution in [2.75, 3.05) is 26.2 Å². The minimum atomic E-state index is -5.08. The number of likely N-dealkylation sites (tertiary alicyclic amines) is 2. The van der Waals surface area contributed by atoms with Crippen molar-refractivity contribution in [3.8, 4) is 0 Å². The van der Waals surface area contributed by atoms with Crippen molar-refractivity contribution >= 4 is 23.9 Å². The number of nitrogens with zero attached hydrogens (tertiary/aromatic N) is 4. The Morgan fingerprint density at radius 2 is 0.760 bits per heavy atom. The van der Waals surface area contributed by atoms with Crippen LogP contribution in [-0.2, 0) is 32.3 Å². The summed E-state index contributed by atoms with van der Waals surface area (Å²) in [6.45, 7) is 6.99. The third-order valence-electron chi connectivity index (χ3n) is 5.87. The number of aliphatic carboxylic acids is 4. The van der Waals surface area contributed by atoms with Crippen molar-refractivity contribution in [1.82, 2.24) is 19.8 Å². The summed E-state index contributed by atoms with van der Waals surface area (Å²) in [5, 5.41) is 28.5. The average Bonchev–Trinajstić information content (AvgIpc) is 3.51. The molecule has 2 aromatic heterocycles. The fourth-order valence-corrected chi connectivity index (χ4v) is 3.95. The molecule has 0 spiro atoms. The molecule has 4 heterocycles. The molecule has 2 aliphatic heterocycles. The quantitative estimate of drug-likeness (QED) is 0.320. The molecule has 0 aliphatic carbocycles. The second-order valence-electron chi connectivity index (χ2n) is 9.84. The lowest BCUT2D eigenvalue weighted by Gasteiger charge is -2.21. The molecule has 2 aromatic rings. The first-order chi connectivity index (χ1) is 22.6. The number of hydrogen-bond donors (Lipinski definition) is 4. The van der Waals surface area contributed by atoms with Crippen LogP contribution in [0.5, 0.6) is 0 Å². The monoisotopic (exact) mass is 750 g/mol. The van der Waals surface area contributed by atoms with E-state index in [9.17, 15) is 52.7 Å². The number of aromatic nitrogens is 2. The van der Waals surface area contributed by atoms with Crippen molar-refractivity contribution in [3.05, 3.63) is 60.2 Å². The summed E-state index contributed by atoms with van der Waals surface area (Å²) in [4.78, 5) is 49.2. The van der Waals surface area contributed by atoms with Crippen molar-refractivity contribution in [2.24, 2.45) is 11.8 Å². The summed E-state index contributed by atoms with van der Waals surface area (Å²) < 4.78 is 127. The van der Waals surface area contributed by atoms with Crippen LogP contribution in [0.15, 0.2) is 49.1 Å². The standard InChI is InChI=1S/C18H22N4.4C2HF3O2/c1-3-15(7-19-5-1)9-21-11-17-13-22(14-18(17)12-21)10-16-4-2-6-20-8-16;4*3-2(4,5)1(6)7/h1-8,17-18H,9-14H2;4*(H,6,7). The van der Waals surface area contributed by atoms with Gasteiger partial charge in [-0.15, -0.1) is 0 Å². The summed E-state index contributed by atoms with van der Waals surface area (Å²) in [5.41, 5.74) is 2.66. The third kappa shape index (κ3) is 19.3. The molecule has 50 heavy (non-hydrogen) atoms. The van der Waals surface area contributed by atoms with E-state index in [1.807, 2.05) is 36.9 Å². The van der Waals surface area contributed by atoms with Gasteiger partial charge in [-0.25, -0.2) is 19.2 Å². The lowest BCUT2D eigenvalue weighted by molar-refractivity contribution is -0.193. The normalized spacial score (nSPS) is 17.5. The predicted octanol–water partition coefficient (Wildman–Crippen LogP) is 4.57. The number of hydrogen-bond acceptors (Lipinski definition) is 8. The van der Waals surface area contributed by atoms with Gasteiger partial charge in [-0.1, -0.05) is 12.1 Å². The van der Waals surface area contributed by atoms with Gasteiger partial charge in [0.1, 0.15) is 0 Å². The lowest BCUT2D eigenvalue weighted by atomic mass is 10.0. The van der Waals surface area contributed by atoms with Gasteiger partial charge in [0.05, 0.1) is 0 Å². The van der Waals surface area contributed by atoms with Crippen molar-refractivity contribution in [1.29, 1.82) is 0 Å². The number of alkyl halides is 12. The van der Waals surface area contributed by atoms with Gasteiger partial charge in [-0.05, 0) is 35.1 Å². The zero-order valence-corrected chi connectivity index (χ0v) is 24.8. The van der Waals surface area contributed by atoms with Gasteiger partial charge in [0, 0.05) is 64.1 Å². The van der Waals surface area contributed by atoms with Gasteiger partial charge < -0.3 is 20.4 Å². The van der Waals surface area contributed by atoms with E-state index in [0.717, 1.165) is 24.9 Å². The van der Waals surface area contributed by atoms with Crippen molar-refractivity contribution in [2.45, 2.75) is 37.8 Å². The van der Waals surface area contributed by atoms with E-state index in [1.54, 1.807) is 0 Å². The molecule has 0 saturated carbocycles. The zero-order chi connectivity index (χ0) is 39.1. The van der Waals surface area contributed by atoms with Crippen LogP contribution in [0.1, 0.15) is 11.1 Å². The Morgan fingerprint density at radius 1 is 0.540 bits per heavy atom. The van der Waals surface area contributed by atoms with Gasteiger partial charge in [-0.2, -0.15) is 52.7 Å². The fraction of sp³-hybridized carbons (Fsp3) is 0.462. The van der Waals surface area contributed by atoms with E-state index in [4.69, 9.17) is 39.6 Å². The van der Waals surface area contributed by atoms with E-state index in [-0.39, 0.29) is 0 Å². The molecule has 24 heteroatoms. The number of carboxylic acids is 4. The number of rotatable bonds is 4. The molecule has 0 unspecified atom stereocenters. The molecule has 282 valence electrons. The molecule has 4 rings (SSSR count). The SMILES string of the molecule is O=C(O)C(F)(F)F.O=C(O)C(F)(F)F.O=C(O)C(F)(F)F.O=C(O)C(F)(F)F.c1cncc(CN2CC3CN(Cc4cccnc4)CC3C2)c1. The summed E-state index contributed by atoms with van der Waals surface area (Å²) in [7, 11) is 0. The minimum absolute atomic E-state index is 0.827. The summed E-state index contributed by atoms with van der Waals surface area (Å²) in [6.07, 6.45) is -12.7. The molecule has 2 fully saturated rings. The predicted molar refractivity (Wildman–Crippen MR) is 141 cm³/mol. The molecule has 4 N–H and O–H groups in total. The van der Waals surface area contributed by atoms with Crippen molar-refractivity contribution < 1.29 is 92.3 Å². The largest absolute Gasteiger partial charge is 0.490 e. The van der Waals surface area contributed by atoms with E-state index < -0.39 is 48.6 Å². The minimum Gasteiger partial charge on any atom is -0.475 e. The van der Waals surface area contributed by atoms with Gasteiger partial charge in [0.2, 0.25) is 0 Å². The molecular formula is C26H26F12N4O8.